The minimum atomic E-state index is -0.617. The molecule has 9 nitrogen and oxygen atoms in total. The predicted octanol–water partition coefficient (Wildman–Crippen LogP) is 7.76. The van der Waals surface area contributed by atoms with Gasteiger partial charge in [0.2, 0.25) is 0 Å². The van der Waals surface area contributed by atoms with Gasteiger partial charge in [-0.3, -0.25) is 24.4 Å². The number of carbonyl (C=O) groups excluding carboxylic acids is 2. The van der Waals surface area contributed by atoms with E-state index >= 15 is 0 Å². The smallest absolute Gasteiger partial charge is 0.320 e. The van der Waals surface area contributed by atoms with E-state index in [4.69, 9.17) is 14.5 Å². The van der Waals surface area contributed by atoms with Crippen LogP contribution in [0.25, 0.3) is 10.9 Å². The molecule has 0 atom stereocenters. The lowest BCUT2D eigenvalue weighted by molar-refractivity contribution is -0.160. The SMILES string of the molecule is CC(C)(C)CN(CCN(CCN(CC(=O)OC(C)(C)C)CC(=O)OC(C)(C)C)Cc1ccc2ccccc2n1)CCN(CC(C)(C)C)CC(C)(C)C. The molecule has 0 fully saturated rings. The molecule has 1 aromatic heterocycles. The van der Waals surface area contributed by atoms with Gasteiger partial charge in [-0.05, 0) is 69.9 Å². The Hall–Kier alpha value is -2.59. The molecule has 0 saturated heterocycles. The quantitative estimate of drug-likeness (QED) is 0.143. The van der Waals surface area contributed by atoms with Crippen molar-refractivity contribution in [2.24, 2.45) is 16.2 Å². The largest absolute Gasteiger partial charge is 0.459 e. The molecule has 0 aliphatic rings. The van der Waals surface area contributed by atoms with Crippen LogP contribution in [0.3, 0.4) is 0 Å². The van der Waals surface area contributed by atoms with Crippen molar-refractivity contribution in [2.75, 3.05) is 72.0 Å². The number of esters is 2. The summed E-state index contributed by atoms with van der Waals surface area (Å²) in [4.78, 5) is 40.5. The zero-order chi connectivity index (χ0) is 39.5. The van der Waals surface area contributed by atoms with E-state index in [0.29, 0.717) is 19.6 Å². The summed E-state index contributed by atoms with van der Waals surface area (Å²) < 4.78 is 11.3. The van der Waals surface area contributed by atoms with Crippen molar-refractivity contribution in [2.45, 2.75) is 122 Å². The number of para-hydroxylation sites is 1. The first-order valence-electron chi connectivity index (χ1n) is 19.3. The number of rotatable bonds is 18. The third kappa shape index (κ3) is 21.2. The maximum absolute atomic E-state index is 13.0. The van der Waals surface area contributed by atoms with E-state index in [-0.39, 0.29) is 41.3 Å². The van der Waals surface area contributed by atoms with E-state index in [1.54, 1.807) is 0 Å². The fourth-order valence-electron chi connectivity index (χ4n) is 6.37. The number of pyridine rings is 1. The Balaban J connectivity index is 2.34. The molecule has 1 aromatic carbocycles. The molecule has 2 aromatic rings. The van der Waals surface area contributed by atoms with Gasteiger partial charge in [0.1, 0.15) is 11.2 Å². The van der Waals surface area contributed by atoms with Gasteiger partial charge in [0.25, 0.3) is 0 Å². The van der Waals surface area contributed by atoms with Crippen LogP contribution in [0.4, 0.5) is 0 Å². The van der Waals surface area contributed by atoms with Gasteiger partial charge in [-0.15, -0.1) is 0 Å². The number of fused-ring (bicyclic) bond motifs is 1. The number of nitrogens with zero attached hydrogens (tertiary/aromatic N) is 5. The second-order valence-electron chi connectivity index (χ2n) is 20.3. The average molecular weight is 726 g/mol. The van der Waals surface area contributed by atoms with Crippen LogP contribution in [-0.4, -0.2) is 120 Å². The summed E-state index contributed by atoms with van der Waals surface area (Å²) >= 11 is 0. The van der Waals surface area contributed by atoms with Gasteiger partial charge in [-0.25, -0.2) is 0 Å². The molecule has 9 heteroatoms. The number of carbonyl (C=O) groups is 2. The molecular formula is C43H75N5O4. The van der Waals surface area contributed by atoms with E-state index in [9.17, 15) is 9.59 Å². The molecule has 1 heterocycles. The highest BCUT2D eigenvalue weighted by Crippen LogP contribution is 2.22. The Morgan fingerprint density at radius 2 is 0.923 bits per heavy atom. The topological polar surface area (TPSA) is 78.4 Å². The molecule has 0 bridgehead atoms. The third-order valence-corrected chi connectivity index (χ3v) is 7.88. The van der Waals surface area contributed by atoms with Gasteiger partial charge in [-0.1, -0.05) is 86.6 Å². The molecule has 0 spiro atoms. The number of ether oxygens (including phenoxy) is 2. The average Bonchev–Trinajstić information content (AvgIpc) is 2.92. The summed E-state index contributed by atoms with van der Waals surface area (Å²) in [7, 11) is 0. The van der Waals surface area contributed by atoms with Crippen LogP contribution in [0, 0.1) is 16.2 Å². The van der Waals surface area contributed by atoms with Crippen molar-refractivity contribution in [3.8, 4) is 0 Å². The molecule has 2 rings (SSSR count). The zero-order valence-corrected chi connectivity index (χ0v) is 35.8. The molecule has 0 saturated carbocycles. The molecule has 0 aliphatic heterocycles. The van der Waals surface area contributed by atoms with E-state index < -0.39 is 11.2 Å². The van der Waals surface area contributed by atoms with Crippen molar-refractivity contribution in [3.05, 3.63) is 42.1 Å². The van der Waals surface area contributed by atoms with Gasteiger partial charge in [-0.2, -0.15) is 0 Å². The highest BCUT2D eigenvalue weighted by Gasteiger charge is 2.26. The number of hydrogen-bond donors (Lipinski definition) is 0. The molecule has 0 amide bonds. The van der Waals surface area contributed by atoms with Gasteiger partial charge in [0, 0.05) is 70.8 Å². The van der Waals surface area contributed by atoms with Crippen LogP contribution in [0.5, 0.6) is 0 Å². The Kier molecular flexibility index (Phi) is 16.8. The highest BCUT2D eigenvalue weighted by molar-refractivity contribution is 5.78. The maximum Gasteiger partial charge on any atom is 0.320 e. The fourth-order valence-corrected chi connectivity index (χ4v) is 6.37. The minimum absolute atomic E-state index is 0.00607. The van der Waals surface area contributed by atoms with Crippen LogP contribution >= 0.6 is 0 Å². The van der Waals surface area contributed by atoms with E-state index in [1.807, 2.05) is 58.6 Å². The van der Waals surface area contributed by atoms with Crippen LogP contribution in [0.1, 0.15) is 110 Å². The molecule has 0 unspecified atom stereocenters. The van der Waals surface area contributed by atoms with Crippen LogP contribution < -0.4 is 0 Å². The Morgan fingerprint density at radius 3 is 1.38 bits per heavy atom. The van der Waals surface area contributed by atoms with Crippen LogP contribution in [-0.2, 0) is 25.6 Å². The van der Waals surface area contributed by atoms with Gasteiger partial charge >= 0.3 is 11.9 Å². The van der Waals surface area contributed by atoms with Gasteiger partial charge in [0.15, 0.2) is 0 Å². The normalized spacial score (nSPS) is 13.5. The number of benzene rings is 1. The summed E-state index contributed by atoms with van der Waals surface area (Å²) in [6, 6.07) is 12.4. The minimum Gasteiger partial charge on any atom is -0.459 e. The lowest BCUT2D eigenvalue weighted by Crippen LogP contribution is -2.47. The zero-order valence-electron chi connectivity index (χ0n) is 35.8. The van der Waals surface area contributed by atoms with E-state index in [0.717, 1.165) is 62.4 Å². The van der Waals surface area contributed by atoms with Crippen molar-refractivity contribution < 1.29 is 19.1 Å². The van der Waals surface area contributed by atoms with Crippen LogP contribution in [0.2, 0.25) is 0 Å². The Labute approximate surface area is 317 Å². The second-order valence-corrected chi connectivity index (χ2v) is 20.3. The highest BCUT2D eigenvalue weighted by atomic mass is 16.6. The first-order valence-corrected chi connectivity index (χ1v) is 19.3. The monoisotopic (exact) mass is 726 g/mol. The maximum atomic E-state index is 13.0. The molecule has 296 valence electrons. The molecule has 0 N–H and O–H groups in total. The van der Waals surface area contributed by atoms with Gasteiger partial charge < -0.3 is 19.3 Å². The van der Waals surface area contributed by atoms with Gasteiger partial charge in [0.05, 0.1) is 24.3 Å². The van der Waals surface area contributed by atoms with Crippen molar-refractivity contribution >= 4 is 22.8 Å². The third-order valence-electron chi connectivity index (χ3n) is 7.88. The first-order chi connectivity index (χ1) is 23.6. The molecule has 0 aliphatic carbocycles. The summed E-state index contributed by atoms with van der Waals surface area (Å²) in [5.74, 6) is -0.713. The van der Waals surface area contributed by atoms with Crippen LogP contribution in [0.15, 0.2) is 36.4 Å². The lowest BCUT2D eigenvalue weighted by atomic mass is 9.92. The Morgan fingerprint density at radius 1 is 0.519 bits per heavy atom. The summed E-state index contributed by atoms with van der Waals surface area (Å²) in [6.45, 7) is 40.6. The van der Waals surface area contributed by atoms with E-state index in [1.165, 1.54) is 0 Å². The summed E-state index contributed by atoms with van der Waals surface area (Å²) in [5, 5.41) is 1.12. The molecule has 52 heavy (non-hydrogen) atoms. The van der Waals surface area contributed by atoms with E-state index in [2.05, 4.69) is 101 Å². The molecular weight excluding hydrogens is 651 g/mol. The Bertz CT molecular complexity index is 1350. The standard InChI is InChI=1S/C43H75N5O4/c1-39(2,3)31-46(25-27-48(32-40(4,5)6)33-41(7,8)9)24-22-45(28-35-21-20-34-18-16-17-19-36(34)44-35)23-26-47(29-37(49)51-42(10,11)12)30-38(50)52-43(13,14)15/h16-21H,22-33H2,1-15H3. The second kappa shape index (κ2) is 19.1. The van der Waals surface area contributed by atoms with Crippen molar-refractivity contribution in [3.63, 3.8) is 0 Å². The fraction of sp³-hybridized carbons (Fsp3) is 0.744. The summed E-state index contributed by atoms with van der Waals surface area (Å²) in [6.07, 6.45) is 0. The first kappa shape index (κ1) is 45.6. The number of aromatic nitrogens is 1. The van der Waals surface area contributed by atoms with Crippen molar-refractivity contribution in [1.82, 2.24) is 24.6 Å². The van der Waals surface area contributed by atoms with Crippen molar-refractivity contribution in [1.29, 1.82) is 0 Å². The lowest BCUT2D eigenvalue weighted by Gasteiger charge is -2.38. The summed E-state index contributed by atoms with van der Waals surface area (Å²) in [5.41, 5.74) is 1.31. The predicted molar refractivity (Wildman–Crippen MR) is 216 cm³/mol. The molecule has 0 radical (unpaired) electrons. The number of hydrogen-bond acceptors (Lipinski definition) is 9.